The van der Waals surface area contributed by atoms with Crippen LogP contribution >= 0.6 is 23.4 Å². The normalized spacial score (nSPS) is 11.1. The molecule has 0 aliphatic carbocycles. The summed E-state index contributed by atoms with van der Waals surface area (Å²) in [6, 6.07) is 9.13. The second-order valence-electron chi connectivity index (χ2n) is 6.03. The summed E-state index contributed by atoms with van der Waals surface area (Å²) in [5.74, 6) is 0.744. The molecule has 0 radical (unpaired) electrons. The quantitative estimate of drug-likeness (QED) is 0.411. The predicted octanol–water partition coefficient (Wildman–Crippen LogP) is 5.19. The van der Waals surface area contributed by atoms with Crippen molar-refractivity contribution in [2.24, 2.45) is 0 Å². The fraction of sp³-hybridized carbons (Fsp3) is 0.316. The molecule has 136 valence electrons. The molecule has 3 aromatic rings. The van der Waals surface area contributed by atoms with Gasteiger partial charge in [0.15, 0.2) is 5.78 Å². The highest BCUT2D eigenvalue weighted by Crippen LogP contribution is 2.25. The molecular formula is C19H20ClN3O2S. The van der Waals surface area contributed by atoms with Gasteiger partial charge >= 0.3 is 0 Å². The van der Waals surface area contributed by atoms with Gasteiger partial charge in [0, 0.05) is 34.1 Å². The topological polar surface area (TPSA) is 60.9 Å². The van der Waals surface area contributed by atoms with E-state index < -0.39 is 0 Å². The number of aromatic nitrogens is 3. The maximum absolute atomic E-state index is 12.6. The van der Waals surface area contributed by atoms with E-state index in [9.17, 15) is 4.79 Å². The Morgan fingerprint density at radius 3 is 2.65 bits per heavy atom. The number of thioether (sulfide) groups is 1. The number of Topliss-reactive ketones (excluding diaryl/α,β-unsaturated/α-hetero) is 1. The Hall–Kier alpha value is -2.05. The standard InChI is InChI=1S/C19H20ClN3O2S/c1-4-9-23-12(2)10-16(13(23)3)17(24)11-26-19-22-21-18(25-19)14-5-7-15(20)8-6-14/h5-8,10H,4,9,11H2,1-3H3. The smallest absolute Gasteiger partial charge is 0.277 e. The Bertz CT molecular complexity index is 916. The Balaban J connectivity index is 1.67. The molecule has 0 saturated heterocycles. The molecule has 0 unspecified atom stereocenters. The Morgan fingerprint density at radius 1 is 1.23 bits per heavy atom. The molecule has 2 heterocycles. The molecular weight excluding hydrogens is 370 g/mol. The van der Waals surface area contributed by atoms with Crippen LogP contribution in [-0.4, -0.2) is 26.3 Å². The molecule has 1 aromatic carbocycles. The van der Waals surface area contributed by atoms with Crippen molar-refractivity contribution in [3.63, 3.8) is 0 Å². The number of hydrogen-bond acceptors (Lipinski definition) is 5. The van der Waals surface area contributed by atoms with Gasteiger partial charge in [-0.2, -0.15) is 0 Å². The van der Waals surface area contributed by atoms with Gasteiger partial charge in [0.1, 0.15) is 0 Å². The fourth-order valence-corrected chi connectivity index (χ4v) is 3.61. The van der Waals surface area contributed by atoms with Gasteiger partial charge in [0.2, 0.25) is 5.89 Å². The monoisotopic (exact) mass is 389 g/mol. The van der Waals surface area contributed by atoms with E-state index in [0.717, 1.165) is 35.5 Å². The summed E-state index contributed by atoms with van der Waals surface area (Å²) < 4.78 is 7.82. The third kappa shape index (κ3) is 4.02. The number of aryl methyl sites for hydroxylation is 1. The largest absolute Gasteiger partial charge is 0.411 e. The lowest BCUT2D eigenvalue weighted by molar-refractivity contribution is 0.102. The summed E-state index contributed by atoms with van der Waals surface area (Å²) in [5.41, 5.74) is 3.69. The number of ketones is 1. The van der Waals surface area contributed by atoms with E-state index >= 15 is 0 Å². The first-order chi connectivity index (χ1) is 12.5. The van der Waals surface area contributed by atoms with Crippen LogP contribution in [0.1, 0.15) is 35.1 Å². The van der Waals surface area contributed by atoms with Crippen molar-refractivity contribution in [1.29, 1.82) is 0 Å². The highest BCUT2D eigenvalue weighted by Gasteiger charge is 2.17. The van der Waals surface area contributed by atoms with Crippen molar-refractivity contribution >= 4 is 29.1 Å². The molecule has 5 nitrogen and oxygen atoms in total. The Labute approximate surface area is 161 Å². The van der Waals surface area contributed by atoms with Crippen molar-refractivity contribution in [2.45, 2.75) is 39.0 Å². The second kappa shape index (κ2) is 8.10. The van der Waals surface area contributed by atoms with E-state index in [1.807, 2.05) is 32.0 Å². The number of rotatable bonds is 7. The van der Waals surface area contributed by atoms with Gasteiger partial charge in [-0.25, -0.2) is 0 Å². The number of halogens is 1. The van der Waals surface area contributed by atoms with E-state index in [4.69, 9.17) is 16.0 Å². The maximum Gasteiger partial charge on any atom is 0.277 e. The molecule has 2 aromatic heterocycles. The van der Waals surface area contributed by atoms with E-state index in [1.54, 1.807) is 12.1 Å². The van der Waals surface area contributed by atoms with Crippen molar-refractivity contribution in [3.05, 3.63) is 52.3 Å². The predicted molar refractivity (Wildman–Crippen MR) is 104 cm³/mol. The summed E-state index contributed by atoms with van der Waals surface area (Å²) in [4.78, 5) is 12.6. The van der Waals surface area contributed by atoms with Crippen LogP contribution in [0.15, 0.2) is 40.0 Å². The van der Waals surface area contributed by atoms with Crippen LogP contribution in [-0.2, 0) is 6.54 Å². The van der Waals surface area contributed by atoms with Gasteiger partial charge < -0.3 is 8.98 Å². The second-order valence-corrected chi connectivity index (χ2v) is 7.39. The third-order valence-corrected chi connectivity index (χ3v) is 5.22. The summed E-state index contributed by atoms with van der Waals surface area (Å²) in [6.07, 6.45) is 1.04. The van der Waals surface area contributed by atoms with Crippen LogP contribution in [0.4, 0.5) is 0 Å². The highest BCUT2D eigenvalue weighted by molar-refractivity contribution is 7.99. The summed E-state index contributed by atoms with van der Waals surface area (Å²) in [5, 5.41) is 9.07. The summed E-state index contributed by atoms with van der Waals surface area (Å²) in [7, 11) is 0. The van der Waals surface area contributed by atoms with E-state index in [1.165, 1.54) is 11.8 Å². The zero-order chi connectivity index (χ0) is 18.7. The minimum absolute atomic E-state index is 0.0664. The molecule has 0 atom stereocenters. The zero-order valence-electron chi connectivity index (χ0n) is 15.0. The average Bonchev–Trinajstić information content (AvgIpc) is 3.21. The van der Waals surface area contributed by atoms with Crippen LogP contribution in [0.25, 0.3) is 11.5 Å². The maximum atomic E-state index is 12.6. The van der Waals surface area contributed by atoms with E-state index in [2.05, 4.69) is 21.7 Å². The number of carbonyl (C=O) groups is 1. The Kier molecular flexibility index (Phi) is 5.84. The number of benzene rings is 1. The zero-order valence-corrected chi connectivity index (χ0v) is 16.5. The fourth-order valence-electron chi connectivity index (χ4n) is 2.83. The average molecular weight is 390 g/mol. The van der Waals surface area contributed by atoms with Crippen molar-refractivity contribution in [1.82, 2.24) is 14.8 Å². The van der Waals surface area contributed by atoms with Gasteiger partial charge in [0.05, 0.1) is 5.75 Å². The molecule has 3 rings (SSSR count). The molecule has 0 N–H and O–H groups in total. The number of hydrogen-bond donors (Lipinski definition) is 0. The molecule has 26 heavy (non-hydrogen) atoms. The lowest BCUT2D eigenvalue weighted by Crippen LogP contribution is -2.06. The van der Waals surface area contributed by atoms with E-state index in [0.29, 0.717) is 16.1 Å². The molecule has 0 aliphatic rings. The van der Waals surface area contributed by atoms with Crippen LogP contribution < -0.4 is 0 Å². The molecule has 0 bridgehead atoms. The van der Waals surface area contributed by atoms with Crippen molar-refractivity contribution in [2.75, 3.05) is 5.75 Å². The van der Waals surface area contributed by atoms with Gasteiger partial charge in [-0.3, -0.25) is 4.79 Å². The molecule has 0 aliphatic heterocycles. The third-order valence-electron chi connectivity index (χ3n) is 4.15. The van der Waals surface area contributed by atoms with Crippen molar-refractivity contribution < 1.29 is 9.21 Å². The van der Waals surface area contributed by atoms with E-state index in [-0.39, 0.29) is 11.5 Å². The lowest BCUT2D eigenvalue weighted by Gasteiger charge is -2.07. The summed E-state index contributed by atoms with van der Waals surface area (Å²) in [6.45, 7) is 7.07. The minimum Gasteiger partial charge on any atom is -0.411 e. The first kappa shape index (κ1) is 18.7. The molecule has 0 spiro atoms. The van der Waals surface area contributed by atoms with Gasteiger partial charge in [-0.1, -0.05) is 30.3 Å². The Morgan fingerprint density at radius 2 is 1.96 bits per heavy atom. The SMILES string of the molecule is CCCn1c(C)cc(C(=O)CSc2nnc(-c3ccc(Cl)cc3)o2)c1C. The van der Waals surface area contributed by atoms with Crippen LogP contribution in [0.5, 0.6) is 0 Å². The number of nitrogens with zero attached hydrogens (tertiary/aromatic N) is 3. The van der Waals surface area contributed by atoms with Gasteiger partial charge in [-0.15, -0.1) is 10.2 Å². The molecule has 0 saturated carbocycles. The molecule has 0 amide bonds. The summed E-state index contributed by atoms with van der Waals surface area (Å²) >= 11 is 7.14. The molecule has 0 fully saturated rings. The minimum atomic E-state index is 0.0664. The molecule has 7 heteroatoms. The number of carbonyl (C=O) groups excluding carboxylic acids is 1. The van der Waals surface area contributed by atoms with Crippen LogP contribution in [0, 0.1) is 13.8 Å². The lowest BCUT2D eigenvalue weighted by atomic mass is 10.2. The highest BCUT2D eigenvalue weighted by atomic mass is 35.5. The van der Waals surface area contributed by atoms with Crippen molar-refractivity contribution in [3.8, 4) is 11.5 Å². The first-order valence-corrected chi connectivity index (χ1v) is 9.78. The van der Waals surface area contributed by atoms with Crippen LogP contribution in [0.2, 0.25) is 5.02 Å². The van der Waals surface area contributed by atoms with Gasteiger partial charge in [-0.05, 0) is 50.6 Å². The van der Waals surface area contributed by atoms with Gasteiger partial charge in [0.25, 0.3) is 5.22 Å². The first-order valence-electron chi connectivity index (χ1n) is 8.41. The van der Waals surface area contributed by atoms with Crippen LogP contribution in [0.3, 0.4) is 0 Å².